The van der Waals surface area contributed by atoms with E-state index in [1.807, 2.05) is 26.0 Å². The second-order valence-corrected chi connectivity index (χ2v) is 6.66. The van der Waals surface area contributed by atoms with Crippen molar-refractivity contribution in [3.63, 3.8) is 0 Å². The van der Waals surface area contributed by atoms with Gasteiger partial charge in [-0.3, -0.25) is 0 Å². The monoisotopic (exact) mass is 397 g/mol. The fraction of sp³-hybridized carbons (Fsp3) is 0.333. The molecule has 2 aromatic rings. The zero-order valence-corrected chi connectivity index (χ0v) is 14.9. The highest BCUT2D eigenvalue weighted by Crippen LogP contribution is 2.26. The van der Waals surface area contributed by atoms with E-state index >= 15 is 0 Å². The van der Waals surface area contributed by atoms with Crippen LogP contribution in [0, 0.1) is 23.2 Å². The Bertz CT molecular complexity index is 601. The first-order valence-electron chi connectivity index (χ1n) is 7.28. The first-order chi connectivity index (χ1) is 10.0. The smallest absolute Gasteiger partial charge is 0.129 e. The van der Waals surface area contributed by atoms with Crippen molar-refractivity contribution in [2.45, 2.75) is 33.2 Å². The van der Waals surface area contributed by atoms with Gasteiger partial charge in [0.2, 0.25) is 0 Å². The Hall–Kier alpha value is -0.940. The number of halogens is 2. The Kier molecular flexibility index (Phi) is 5.76. The predicted octanol–water partition coefficient (Wildman–Crippen LogP) is 5.14. The Morgan fingerprint density at radius 1 is 1.10 bits per heavy atom. The largest absolute Gasteiger partial charge is 0.306 e. The molecular formula is C18H21FIN. The Morgan fingerprint density at radius 2 is 1.76 bits per heavy atom. The number of nitrogens with one attached hydrogen (secondary N) is 1. The molecule has 0 heterocycles. The summed E-state index contributed by atoms with van der Waals surface area (Å²) in [6.45, 7) is 6.75. The molecule has 1 atom stereocenters. The van der Waals surface area contributed by atoms with Gasteiger partial charge in [-0.05, 0) is 83.8 Å². The topological polar surface area (TPSA) is 12.0 Å². The van der Waals surface area contributed by atoms with Gasteiger partial charge in [0, 0.05) is 3.57 Å². The van der Waals surface area contributed by atoms with Gasteiger partial charge in [0.1, 0.15) is 5.82 Å². The molecule has 0 aliphatic heterocycles. The minimum atomic E-state index is -0.101. The van der Waals surface area contributed by atoms with E-state index in [2.05, 4.69) is 59.1 Å². The molecule has 0 saturated carbocycles. The van der Waals surface area contributed by atoms with Crippen molar-refractivity contribution in [2.24, 2.45) is 0 Å². The summed E-state index contributed by atoms with van der Waals surface area (Å²) in [5, 5.41) is 3.58. The lowest BCUT2D eigenvalue weighted by Crippen LogP contribution is -2.23. The van der Waals surface area contributed by atoms with E-state index in [9.17, 15) is 4.39 Å². The van der Waals surface area contributed by atoms with Gasteiger partial charge in [0.15, 0.2) is 0 Å². The second kappa shape index (κ2) is 7.36. The molecule has 3 heteroatoms. The van der Waals surface area contributed by atoms with Crippen molar-refractivity contribution < 1.29 is 4.39 Å². The molecule has 112 valence electrons. The summed E-state index contributed by atoms with van der Waals surface area (Å²) in [6.07, 6.45) is 1.07. The highest BCUT2D eigenvalue weighted by Gasteiger charge is 2.16. The molecule has 0 amide bonds. The summed E-state index contributed by atoms with van der Waals surface area (Å²) in [5.74, 6) is -0.101. The van der Waals surface area contributed by atoms with Crippen LogP contribution in [0.1, 0.15) is 41.6 Å². The standard InChI is InChI=1S/C18H21FIN/c1-4-8-21-18(14-6-5-7-16(20)11-14)15-9-12(2)17(19)13(3)10-15/h5-7,9-11,18,21H,4,8H2,1-3H3. The maximum atomic E-state index is 13.9. The van der Waals surface area contributed by atoms with Crippen molar-refractivity contribution in [1.29, 1.82) is 0 Å². The lowest BCUT2D eigenvalue weighted by atomic mass is 9.95. The van der Waals surface area contributed by atoms with Crippen LogP contribution in [0.2, 0.25) is 0 Å². The molecule has 0 aliphatic rings. The Morgan fingerprint density at radius 3 is 2.33 bits per heavy atom. The fourth-order valence-corrected chi connectivity index (χ4v) is 3.12. The van der Waals surface area contributed by atoms with Crippen LogP contribution in [0.4, 0.5) is 4.39 Å². The number of rotatable bonds is 5. The molecule has 0 radical (unpaired) electrons. The quantitative estimate of drug-likeness (QED) is 0.690. The molecule has 21 heavy (non-hydrogen) atoms. The van der Waals surface area contributed by atoms with Crippen molar-refractivity contribution in [3.05, 3.63) is 68.0 Å². The molecule has 0 bridgehead atoms. The van der Waals surface area contributed by atoms with Gasteiger partial charge in [-0.2, -0.15) is 0 Å². The van der Waals surface area contributed by atoms with Crippen LogP contribution in [0.25, 0.3) is 0 Å². The maximum absolute atomic E-state index is 13.9. The summed E-state index contributed by atoms with van der Waals surface area (Å²) in [4.78, 5) is 0. The van der Waals surface area contributed by atoms with E-state index in [0.29, 0.717) is 11.1 Å². The average molecular weight is 397 g/mol. The number of benzene rings is 2. The van der Waals surface area contributed by atoms with E-state index in [-0.39, 0.29) is 11.9 Å². The van der Waals surface area contributed by atoms with Crippen LogP contribution in [0.3, 0.4) is 0 Å². The molecule has 0 aromatic heterocycles. The van der Waals surface area contributed by atoms with Gasteiger partial charge in [0.05, 0.1) is 6.04 Å². The SMILES string of the molecule is CCCNC(c1cccc(I)c1)c1cc(C)c(F)c(C)c1. The third-order valence-electron chi connectivity index (χ3n) is 3.57. The van der Waals surface area contributed by atoms with Crippen LogP contribution < -0.4 is 5.32 Å². The van der Waals surface area contributed by atoms with Gasteiger partial charge in [0.25, 0.3) is 0 Å². The first kappa shape index (κ1) is 16.4. The summed E-state index contributed by atoms with van der Waals surface area (Å²) in [5.41, 5.74) is 3.76. The van der Waals surface area contributed by atoms with Gasteiger partial charge in [-0.25, -0.2) is 4.39 Å². The van der Waals surface area contributed by atoms with Crippen LogP contribution >= 0.6 is 22.6 Å². The Labute approximate surface area is 140 Å². The highest BCUT2D eigenvalue weighted by molar-refractivity contribution is 14.1. The van der Waals surface area contributed by atoms with Crippen molar-refractivity contribution in [3.8, 4) is 0 Å². The molecule has 2 aromatic carbocycles. The summed E-state index contributed by atoms with van der Waals surface area (Å²) >= 11 is 2.33. The van der Waals surface area contributed by atoms with Gasteiger partial charge in [-0.15, -0.1) is 0 Å². The lowest BCUT2D eigenvalue weighted by Gasteiger charge is -2.21. The molecule has 0 saturated heterocycles. The lowest BCUT2D eigenvalue weighted by molar-refractivity contribution is 0.586. The van der Waals surface area contributed by atoms with E-state index in [1.165, 1.54) is 9.13 Å². The molecular weight excluding hydrogens is 376 g/mol. The average Bonchev–Trinajstić information content (AvgIpc) is 2.45. The van der Waals surface area contributed by atoms with Gasteiger partial charge < -0.3 is 5.32 Å². The van der Waals surface area contributed by atoms with Crippen LogP contribution in [-0.4, -0.2) is 6.54 Å². The normalized spacial score (nSPS) is 12.4. The minimum Gasteiger partial charge on any atom is -0.306 e. The third kappa shape index (κ3) is 4.04. The summed E-state index contributed by atoms with van der Waals surface area (Å²) < 4.78 is 15.1. The number of hydrogen-bond donors (Lipinski definition) is 1. The van der Waals surface area contributed by atoms with E-state index in [0.717, 1.165) is 18.5 Å². The second-order valence-electron chi connectivity index (χ2n) is 5.41. The van der Waals surface area contributed by atoms with Crippen molar-refractivity contribution in [1.82, 2.24) is 5.32 Å². The van der Waals surface area contributed by atoms with Crippen LogP contribution in [0.15, 0.2) is 36.4 Å². The van der Waals surface area contributed by atoms with Crippen LogP contribution in [0.5, 0.6) is 0 Å². The third-order valence-corrected chi connectivity index (χ3v) is 4.24. The van der Waals surface area contributed by atoms with E-state index in [1.54, 1.807) is 0 Å². The van der Waals surface area contributed by atoms with E-state index < -0.39 is 0 Å². The van der Waals surface area contributed by atoms with Gasteiger partial charge in [-0.1, -0.05) is 31.2 Å². The van der Waals surface area contributed by atoms with Gasteiger partial charge >= 0.3 is 0 Å². The minimum absolute atomic E-state index is 0.101. The summed E-state index contributed by atoms with van der Waals surface area (Å²) in [6, 6.07) is 12.5. The molecule has 0 aliphatic carbocycles. The molecule has 1 nitrogen and oxygen atoms in total. The molecule has 2 rings (SSSR count). The molecule has 1 unspecified atom stereocenters. The number of hydrogen-bond acceptors (Lipinski definition) is 1. The van der Waals surface area contributed by atoms with Crippen molar-refractivity contribution in [2.75, 3.05) is 6.54 Å². The fourth-order valence-electron chi connectivity index (χ4n) is 2.55. The highest BCUT2D eigenvalue weighted by atomic mass is 127. The maximum Gasteiger partial charge on any atom is 0.129 e. The number of aryl methyl sites for hydroxylation is 2. The molecule has 0 spiro atoms. The van der Waals surface area contributed by atoms with Crippen LogP contribution in [-0.2, 0) is 0 Å². The zero-order valence-electron chi connectivity index (χ0n) is 12.7. The molecule has 0 fully saturated rings. The van der Waals surface area contributed by atoms with Crippen molar-refractivity contribution >= 4 is 22.6 Å². The Balaban J connectivity index is 2.45. The molecule has 1 N–H and O–H groups in total. The predicted molar refractivity (Wildman–Crippen MR) is 95.2 cm³/mol. The zero-order chi connectivity index (χ0) is 15.4. The first-order valence-corrected chi connectivity index (χ1v) is 8.36. The summed E-state index contributed by atoms with van der Waals surface area (Å²) in [7, 11) is 0. The van der Waals surface area contributed by atoms with E-state index in [4.69, 9.17) is 0 Å².